The zero-order valence-corrected chi connectivity index (χ0v) is 12.3. The van der Waals surface area contributed by atoms with E-state index in [1.165, 1.54) is 12.1 Å². The first-order chi connectivity index (χ1) is 10.1. The molecule has 2 N–H and O–H groups in total. The Labute approximate surface area is 125 Å². The van der Waals surface area contributed by atoms with E-state index in [2.05, 4.69) is 5.32 Å². The van der Waals surface area contributed by atoms with Gasteiger partial charge in [-0.15, -0.1) is 0 Å². The second-order valence-electron chi connectivity index (χ2n) is 5.07. The highest BCUT2D eigenvalue weighted by molar-refractivity contribution is 5.48. The highest BCUT2D eigenvalue weighted by Gasteiger charge is 2.25. The van der Waals surface area contributed by atoms with Crippen LogP contribution in [0.1, 0.15) is 11.6 Å². The Morgan fingerprint density at radius 3 is 2.48 bits per heavy atom. The van der Waals surface area contributed by atoms with E-state index in [1.807, 2.05) is 48.3 Å². The van der Waals surface area contributed by atoms with Crippen LogP contribution >= 0.6 is 0 Å². The molecule has 0 aliphatic rings. The monoisotopic (exact) mass is 288 g/mol. The van der Waals surface area contributed by atoms with E-state index < -0.39 is 6.10 Å². The maximum atomic E-state index is 13.5. The minimum Gasteiger partial charge on any atom is -0.389 e. The fraction of sp³-hybridized carbons (Fsp3) is 0.294. The van der Waals surface area contributed by atoms with Crippen LogP contribution < -0.4 is 10.2 Å². The molecule has 112 valence electrons. The average Bonchev–Trinajstić information content (AvgIpc) is 2.48. The lowest BCUT2D eigenvalue weighted by Gasteiger charge is -2.34. The molecule has 2 aromatic rings. The van der Waals surface area contributed by atoms with E-state index in [4.69, 9.17) is 0 Å². The molecule has 0 amide bonds. The molecule has 0 radical (unpaired) electrons. The molecule has 0 bridgehead atoms. The summed E-state index contributed by atoms with van der Waals surface area (Å²) in [5.74, 6) is -0.296. The van der Waals surface area contributed by atoms with Gasteiger partial charge in [-0.25, -0.2) is 4.39 Å². The summed E-state index contributed by atoms with van der Waals surface area (Å²) in [4.78, 5) is 1.97. The molecule has 0 aliphatic heterocycles. The molecule has 21 heavy (non-hydrogen) atoms. The van der Waals surface area contributed by atoms with Crippen LogP contribution in [-0.4, -0.2) is 31.9 Å². The normalized spacial score (nSPS) is 13.7. The topological polar surface area (TPSA) is 35.5 Å². The molecule has 2 aromatic carbocycles. The lowest BCUT2D eigenvalue weighted by molar-refractivity contribution is 0.142. The number of nitrogens with one attached hydrogen (secondary N) is 1. The minimum atomic E-state index is -0.651. The van der Waals surface area contributed by atoms with Gasteiger partial charge in [0, 0.05) is 19.3 Å². The van der Waals surface area contributed by atoms with Crippen molar-refractivity contribution >= 4 is 5.69 Å². The third kappa shape index (κ3) is 3.80. The molecule has 2 rings (SSSR count). The van der Waals surface area contributed by atoms with Gasteiger partial charge in [-0.1, -0.05) is 30.3 Å². The number of hydrogen-bond donors (Lipinski definition) is 2. The van der Waals surface area contributed by atoms with Gasteiger partial charge in [0.15, 0.2) is 0 Å². The van der Waals surface area contributed by atoms with Gasteiger partial charge in [0.05, 0.1) is 12.1 Å². The van der Waals surface area contributed by atoms with Gasteiger partial charge in [0.1, 0.15) is 5.82 Å². The summed E-state index contributed by atoms with van der Waals surface area (Å²) in [6.07, 6.45) is -0.651. The molecule has 0 heterocycles. The molecule has 0 saturated heterocycles. The summed E-state index contributed by atoms with van der Waals surface area (Å²) in [5, 5.41) is 13.4. The number of hydrogen-bond acceptors (Lipinski definition) is 3. The van der Waals surface area contributed by atoms with E-state index >= 15 is 0 Å². The summed E-state index contributed by atoms with van der Waals surface area (Å²) < 4.78 is 13.5. The lowest BCUT2D eigenvalue weighted by Crippen LogP contribution is -2.39. The van der Waals surface area contributed by atoms with E-state index in [-0.39, 0.29) is 11.9 Å². The van der Waals surface area contributed by atoms with Crippen LogP contribution in [0.3, 0.4) is 0 Å². The molecule has 2 unspecified atom stereocenters. The van der Waals surface area contributed by atoms with Gasteiger partial charge >= 0.3 is 0 Å². The number of rotatable bonds is 6. The van der Waals surface area contributed by atoms with Crippen LogP contribution in [0.4, 0.5) is 10.1 Å². The standard InChI is InChI=1S/C17H21FN2O/c1-19-12-16(21)17(13-7-6-8-14(18)11-13)20(2)15-9-4-3-5-10-15/h3-11,16-17,19,21H,12H2,1-2H3. The van der Waals surface area contributed by atoms with Gasteiger partial charge in [-0.2, -0.15) is 0 Å². The third-order valence-electron chi connectivity index (χ3n) is 3.55. The number of para-hydroxylation sites is 1. The van der Waals surface area contributed by atoms with Crippen molar-refractivity contribution < 1.29 is 9.50 Å². The zero-order chi connectivity index (χ0) is 15.2. The van der Waals surface area contributed by atoms with E-state index in [0.717, 1.165) is 11.3 Å². The molecule has 4 heteroatoms. The van der Waals surface area contributed by atoms with Crippen molar-refractivity contribution in [2.75, 3.05) is 25.5 Å². The number of likely N-dealkylation sites (N-methyl/N-ethyl adjacent to an activating group) is 2. The Bertz CT molecular complexity index is 562. The maximum absolute atomic E-state index is 13.5. The van der Waals surface area contributed by atoms with Crippen molar-refractivity contribution in [2.45, 2.75) is 12.1 Å². The fourth-order valence-electron chi connectivity index (χ4n) is 2.54. The van der Waals surface area contributed by atoms with Crippen molar-refractivity contribution in [3.8, 4) is 0 Å². The SMILES string of the molecule is CNCC(O)C(c1cccc(F)c1)N(C)c1ccccc1. The summed E-state index contributed by atoms with van der Waals surface area (Å²) in [6.45, 7) is 0.429. The quantitative estimate of drug-likeness (QED) is 0.857. The summed E-state index contributed by atoms with van der Waals surface area (Å²) >= 11 is 0. The van der Waals surface area contributed by atoms with Crippen LogP contribution in [0.2, 0.25) is 0 Å². The smallest absolute Gasteiger partial charge is 0.123 e. The molecular formula is C17H21FN2O. The Morgan fingerprint density at radius 2 is 1.86 bits per heavy atom. The van der Waals surface area contributed by atoms with Crippen molar-refractivity contribution in [2.24, 2.45) is 0 Å². The van der Waals surface area contributed by atoms with Crippen LogP contribution in [0, 0.1) is 5.82 Å². The molecular weight excluding hydrogens is 267 g/mol. The first-order valence-corrected chi connectivity index (χ1v) is 6.99. The predicted molar refractivity (Wildman–Crippen MR) is 83.9 cm³/mol. The Kier molecular flexibility index (Phi) is 5.31. The molecule has 0 saturated carbocycles. The molecule has 0 aliphatic carbocycles. The number of benzene rings is 2. The molecule has 3 nitrogen and oxygen atoms in total. The molecule has 0 spiro atoms. The fourth-order valence-corrected chi connectivity index (χ4v) is 2.54. The van der Waals surface area contributed by atoms with Gasteiger partial charge in [0.2, 0.25) is 0 Å². The van der Waals surface area contributed by atoms with Crippen molar-refractivity contribution in [3.05, 3.63) is 66.0 Å². The second kappa shape index (κ2) is 7.20. The Balaban J connectivity index is 2.36. The predicted octanol–water partition coefficient (Wildman–Crippen LogP) is 2.58. The van der Waals surface area contributed by atoms with Gasteiger partial charge < -0.3 is 15.3 Å². The van der Waals surface area contributed by atoms with Crippen molar-refractivity contribution in [3.63, 3.8) is 0 Å². The number of halogens is 1. The minimum absolute atomic E-state index is 0.296. The van der Waals surface area contributed by atoms with Gasteiger partial charge in [-0.3, -0.25) is 0 Å². The first-order valence-electron chi connectivity index (χ1n) is 6.99. The molecule has 0 fully saturated rings. The second-order valence-corrected chi connectivity index (χ2v) is 5.07. The van der Waals surface area contributed by atoms with Crippen molar-refractivity contribution in [1.29, 1.82) is 0 Å². The van der Waals surface area contributed by atoms with Crippen LogP contribution in [0.15, 0.2) is 54.6 Å². The number of aliphatic hydroxyl groups excluding tert-OH is 1. The summed E-state index contributed by atoms with van der Waals surface area (Å²) in [5.41, 5.74) is 1.73. The van der Waals surface area contributed by atoms with Gasteiger partial charge in [0.25, 0.3) is 0 Å². The number of aliphatic hydroxyl groups is 1. The molecule has 0 aromatic heterocycles. The highest BCUT2D eigenvalue weighted by atomic mass is 19.1. The number of nitrogens with zero attached hydrogens (tertiary/aromatic N) is 1. The van der Waals surface area contributed by atoms with Crippen LogP contribution in [-0.2, 0) is 0 Å². The van der Waals surface area contributed by atoms with Crippen LogP contribution in [0.5, 0.6) is 0 Å². The maximum Gasteiger partial charge on any atom is 0.123 e. The van der Waals surface area contributed by atoms with E-state index in [1.54, 1.807) is 13.1 Å². The lowest BCUT2D eigenvalue weighted by atomic mass is 9.99. The van der Waals surface area contributed by atoms with Gasteiger partial charge in [-0.05, 0) is 36.9 Å². The largest absolute Gasteiger partial charge is 0.389 e. The Hall–Kier alpha value is -1.91. The first kappa shape index (κ1) is 15.5. The zero-order valence-electron chi connectivity index (χ0n) is 12.3. The van der Waals surface area contributed by atoms with E-state index in [0.29, 0.717) is 6.54 Å². The summed E-state index contributed by atoms with van der Waals surface area (Å²) in [7, 11) is 3.69. The third-order valence-corrected chi connectivity index (χ3v) is 3.55. The summed E-state index contributed by atoms with van der Waals surface area (Å²) in [6, 6.07) is 15.8. The molecule has 2 atom stereocenters. The van der Waals surface area contributed by atoms with E-state index in [9.17, 15) is 9.50 Å². The van der Waals surface area contributed by atoms with Crippen LogP contribution in [0.25, 0.3) is 0 Å². The number of anilines is 1. The average molecular weight is 288 g/mol. The Morgan fingerprint density at radius 1 is 1.14 bits per heavy atom. The highest BCUT2D eigenvalue weighted by Crippen LogP contribution is 2.28. The van der Waals surface area contributed by atoms with Crippen molar-refractivity contribution in [1.82, 2.24) is 5.32 Å².